The highest BCUT2D eigenvalue weighted by Crippen LogP contribution is 2.28. The maximum absolute atomic E-state index is 12.4. The summed E-state index contributed by atoms with van der Waals surface area (Å²) < 4.78 is 1.22. The first-order valence-electron chi connectivity index (χ1n) is 7.02. The Bertz CT molecular complexity index is 755. The number of rotatable bonds is 2. The topological polar surface area (TPSA) is 80.8 Å². The zero-order valence-corrected chi connectivity index (χ0v) is 11.7. The average Bonchev–Trinajstić information content (AvgIpc) is 2.47. The minimum Gasteiger partial charge on any atom is -0.348 e. The van der Waals surface area contributed by atoms with Crippen molar-refractivity contribution in [3.63, 3.8) is 0 Å². The van der Waals surface area contributed by atoms with E-state index in [1.54, 1.807) is 18.2 Å². The van der Waals surface area contributed by atoms with Crippen LogP contribution in [0, 0.1) is 10.1 Å². The second-order valence-electron chi connectivity index (χ2n) is 5.31. The molecular formula is C14H16N4O3. The molecule has 7 nitrogen and oxygen atoms in total. The number of nitrogens with zero attached hydrogens (tertiary/aromatic N) is 4. The van der Waals surface area contributed by atoms with Gasteiger partial charge in [-0.15, -0.1) is 0 Å². The average molecular weight is 288 g/mol. The van der Waals surface area contributed by atoms with Crippen LogP contribution in [-0.2, 0) is 0 Å². The van der Waals surface area contributed by atoms with Crippen molar-refractivity contribution in [2.45, 2.75) is 32.2 Å². The molecule has 3 rings (SSSR count). The molecule has 1 aliphatic heterocycles. The van der Waals surface area contributed by atoms with Gasteiger partial charge in [0.25, 0.3) is 0 Å². The van der Waals surface area contributed by atoms with E-state index in [-0.39, 0.29) is 11.9 Å². The lowest BCUT2D eigenvalue weighted by molar-refractivity contribution is -0.385. The second-order valence-corrected chi connectivity index (χ2v) is 5.31. The smallest absolute Gasteiger partial charge is 0.348 e. The summed E-state index contributed by atoms with van der Waals surface area (Å²) >= 11 is 0. The Hall–Kier alpha value is -2.44. The van der Waals surface area contributed by atoms with Crippen molar-refractivity contribution in [3.05, 3.63) is 44.9 Å². The highest BCUT2D eigenvalue weighted by atomic mass is 16.6. The van der Waals surface area contributed by atoms with Gasteiger partial charge in [0.15, 0.2) is 0 Å². The molecule has 0 spiro atoms. The van der Waals surface area contributed by atoms with E-state index in [1.165, 1.54) is 10.6 Å². The molecule has 0 radical (unpaired) electrons. The molecule has 110 valence electrons. The van der Waals surface area contributed by atoms with Gasteiger partial charge in [-0.2, -0.15) is 0 Å². The lowest BCUT2D eigenvalue weighted by atomic mass is 10.0. The van der Waals surface area contributed by atoms with Crippen LogP contribution < -0.4 is 10.5 Å². The Morgan fingerprint density at radius 3 is 2.90 bits per heavy atom. The third kappa shape index (κ3) is 2.24. The maximum Gasteiger partial charge on any atom is 0.376 e. The van der Waals surface area contributed by atoms with Crippen molar-refractivity contribution in [1.29, 1.82) is 0 Å². The second kappa shape index (κ2) is 5.16. The van der Waals surface area contributed by atoms with E-state index in [1.807, 2.05) is 11.8 Å². The number of aromatic nitrogens is 2. The molecule has 0 N–H and O–H groups in total. The zero-order valence-electron chi connectivity index (χ0n) is 11.7. The monoisotopic (exact) mass is 288 g/mol. The molecule has 0 bridgehead atoms. The molecule has 3 heterocycles. The molecular weight excluding hydrogens is 272 g/mol. The summed E-state index contributed by atoms with van der Waals surface area (Å²) in [5, 5.41) is 11.4. The van der Waals surface area contributed by atoms with Gasteiger partial charge in [-0.3, -0.25) is 19.3 Å². The molecule has 1 atom stereocenters. The fourth-order valence-corrected chi connectivity index (χ4v) is 2.84. The molecule has 0 saturated carbocycles. The molecule has 0 aliphatic carbocycles. The Balaban J connectivity index is 2.27. The molecule has 0 aromatic carbocycles. The fraction of sp³-hybridized carbons (Fsp3) is 0.429. The van der Waals surface area contributed by atoms with Gasteiger partial charge in [-0.1, -0.05) is 6.07 Å². The van der Waals surface area contributed by atoms with Crippen LogP contribution in [0.5, 0.6) is 0 Å². The van der Waals surface area contributed by atoms with Gasteiger partial charge in [-0.05, 0) is 38.3 Å². The largest absolute Gasteiger partial charge is 0.376 e. The quantitative estimate of drug-likeness (QED) is 0.623. The SMILES string of the molecule is C[C@@H]1CCCCN1c1nc2ccccn2c(=O)c1[N+](=O)[O-]. The number of piperidine rings is 1. The first-order valence-corrected chi connectivity index (χ1v) is 7.02. The zero-order chi connectivity index (χ0) is 15.0. The molecule has 21 heavy (non-hydrogen) atoms. The van der Waals surface area contributed by atoms with Gasteiger partial charge in [0, 0.05) is 18.8 Å². The maximum atomic E-state index is 12.4. The minimum absolute atomic E-state index is 0.149. The minimum atomic E-state index is -0.627. The van der Waals surface area contributed by atoms with Crippen molar-refractivity contribution in [3.8, 4) is 0 Å². The van der Waals surface area contributed by atoms with Crippen LogP contribution in [0.15, 0.2) is 29.2 Å². The molecule has 7 heteroatoms. The number of fused-ring (bicyclic) bond motifs is 1. The summed E-state index contributed by atoms with van der Waals surface area (Å²) in [4.78, 5) is 29.4. The summed E-state index contributed by atoms with van der Waals surface area (Å²) in [6.45, 7) is 2.70. The van der Waals surface area contributed by atoms with Crippen molar-refractivity contribution in [2.75, 3.05) is 11.4 Å². The predicted molar refractivity (Wildman–Crippen MR) is 78.8 cm³/mol. The predicted octanol–water partition coefficient (Wildman–Crippen LogP) is 1.98. The van der Waals surface area contributed by atoms with Gasteiger partial charge in [0.1, 0.15) is 5.65 Å². The number of nitro groups is 1. The van der Waals surface area contributed by atoms with E-state index in [2.05, 4.69) is 4.98 Å². The Morgan fingerprint density at radius 1 is 1.38 bits per heavy atom. The van der Waals surface area contributed by atoms with Gasteiger partial charge in [0.2, 0.25) is 5.82 Å². The van der Waals surface area contributed by atoms with Crippen molar-refractivity contribution >= 4 is 17.2 Å². The van der Waals surface area contributed by atoms with E-state index < -0.39 is 16.2 Å². The van der Waals surface area contributed by atoms with Crippen LogP contribution in [0.1, 0.15) is 26.2 Å². The fourth-order valence-electron chi connectivity index (χ4n) is 2.84. The van der Waals surface area contributed by atoms with Crippen molar-refractivity contribution in [1.82, 2.24) is 9.38 Å². The van der Waals surface area contributed by atoms with Crippen LogP contribution >= 0.6 is 0 Å². The van der Waals surface area contributed by atoms with Gasteiger partial charge < -0.3 is 4.90 Å². The molecule has 0 unspecified atom stereocenters. The highest BCUT2D eigenvalue weighted by Gasteiger charge is 2.31. The lowest BCUT2D eigenvalue weighted by Gasteiger charge is -2.33. The summed E-state index contributed by atoms with van der Waals surface area (Å²) in [6.07, 6.45) is 4.50. The van der Waals surface area contributed by atoms with Crippen molar-refractivity contribution in [2.24, 2.45) is 0 Å². The lowest BCUT2D eigenvalue weighted by Crippen LogP contribution is -2.39. The Kier molecular flexibility index (Phi) is 3.32. The van der Waals surface area contributed by atoms with Crippen LogP contribution in [0.3, 0.4) is 0 Å². The Labute approximate surface area is 121 Å². The van der Waals surface area contributed by atoms with E-state index in [9.17, 15) is 14.9 Å². The number of pyridine rings is 1. The van der Waals surface area contributed by atoms with E-state index in [4.69, 9.17) is 0 Å². The van der Waals surface area contributed by atoms with Crippen LogP contribution in [0.2, 0.25) is 0 Å². The van der Waals surface area contributed by atoms with E-state index in [0.717, 1.165) is 19.3 Å². The highest BCUT2D eigenvalue weighted by molar-refractivity contribution is 5.62. The third-order valence-corrected chi connectivity index (χ3v) is 3.95. The molecule has 1 aliphatic rings. The molecule has 1 fully saturated rings. The van der Waals surface area contributed by atoms with Gasteiger partial charge in [-0.25, -0.2) is 4.98 Å². The molecule has 1 saturated heterocycles. The first-order chi connectivity index (χ1) is 10.1. The number of anilines is 1. The Morgan fingerprint density at radius 2 is 2.19 bits per heavy atom. The summed E-state index contributed by atoms with van der Waals surface area (Å²) in [7, 11) is 0. The summed E-state index contributed by atoms with van der Waals surface area (Å²) in [5.41, 5.74) is -0.633. The van der Waals surface area contributed by atoms with Crippen LogP contribution in [-0.4, -0.2) is 26.9 Å². The number of hydrogen-bond acceptors (Lipinski definition) is 5. The van der Waals surface area contributed by atoms with Gasteiger partial charge >= 0.3 is 11.2 Å². The standard InChI is InChI=1S/C14H16N4O3/c1-10-6-2-4-8-16(10)13-12(18(20)21)14(19)17-9-5-3-7-11(17)15-13/h3,5,7,9-10H,2,4,6,8H2,1H3/t10-/m1/s1. The summed E-state index contributed by atoms with van der Waals surface area (Å²) in [6, 6.07) is 5.25. The van der Waals surface area contributed by atoms with E-state index in [0.29, 0.717) is 12.2 Å². The first kappa shape index (κ1) is 13.5. The molecule has 0 amide bonds. The van der Waals surface area contributed by atoms with Crippen molar-refractivity contribution < 1.29 is 4.92 Å². The normalized spacial score (nSPS) is 18.9. The van der Waals surface area contributed by atoms with Crippen LogP contribution in [0.4, 0.5) is 11.5 Å². The van der Waals surface area contributed by atoms with E-state index >= 15 is 0 Å². The molecule has 2 aromatic heterocycles. The van der Waals surface area contributed by atoms with Crippen LogP contribution in [0.25, 0.3) is 5.65 Å². The summed E-state index contributed by atoms with van der Waals surface area (Å²) in [5.74, 6) is 0.198. The molecule has 2 aromatic rings. The number of hydrogen-bond donors (Lipinski definition) is 0. The van der Waals surface area contributed by atoms with Gasteiger partial charge in [0.05, 0.1) is 4.92 Å². The third-order valence-electron chi connectivity index (χ3n) is 3.95.